The Morgan fingerprint density at radius 2 is 0.811 bits per heavy atom. The first-order valence-corrected chi connectivity index (χ1v) is 28.3. The normalized spacial score (nSPS) is 15.7. The Morgan fingerprint density at radius 3 is 1.05 bits per heavy atom. The van der Waals surface area contributed by atoms with Crippen molar-refractivity contribution in [2.75, 3.05) is 26.2 Å². The molecule has 0 aromatic heterocycles. The molecule has 2 nitrogen and oxygen atoms in total. The average molecular weight is 803 g/mol. The molecule has 208 valence electrons. The van der Waals surface area contributed by atoms with Crippen LogP contribution in [-0.4, -0.2) is 94.7 Å². The summed E-state index contributed by atoms with van der Waals surface area (Å²) >= 11 is 8.84. The molecule has 0 saturated carbocycles. The van der Waals surface area contributed by atoms with Gasteiger partial charge in [0.15, 0.2) is 0 Å². The first-order valence-electron chi connectivity index (χ1n) is 13.5. The van der Waals surface area contributed by atoms with E-state index >= 15 is 0 Å². The van der Waals surface area contributed by atoms with Crippen LogP contribution in [0.3, 0.4) is 0 Å². The average Bonchev–Trinajstić information content (AvgIpc) is 2.83. The molecule has 0 amide bonds. The number of nitrogens with zero attached hydrogens (tertiary/aromatic N) is 2. The van der Waals surface area contributed by atoms with Crippen LogP contribution < -0.4 is 10.6 Å². The van der Waals surface area contributed by atoms with E-state index < -0.39 is 8.70 Å². The summed E-state index contributed by atoms with van der Waals surface area (Å²) in [6.45, 7) is 23.7. The summed E-state index contributed by atoms with van der Waals surface area (Å²) < 4.78 is 4.06. The summed E-state index contributed by atoms with van der Waals surface area (Å²) in [7, 11) is 0. The zero-order valence-electron chi connectivity index (χ0n) is 24.0. The van der Waals surface area contributed by atoms with Gasteiger partial charge in [-0.05, 0) is 0 Å². The van der Waals surface area contributed by atoms with Gasteiger partial charge < -0.3 is 0 Å². The maximum atomic E-state index is 3.90. The van der Waals surface area contributed by atoms with Crippen LogP contribution in [0.2, 0.25) is 4.22 Å². The van der Waals surface area contributed by atoms with Gasteiger partial charge in [-0.2, -0.15) is 0 Å². The molecule has 0 aliphatic rings. The predicted octanol–water partition coefficient (Wildman–Crippen LogP) is 6.51. The van der Waals surface area contributed by atoms with E-state index in [0.29, 0.717) is 52.7 Å². The molecule has 2 unspecified atom stereocenters. The molecule has 0 saturated heterocycles. The molecule has 0 aliphatic carbocycles. The molecular formula is C29H48N2P2Se4. The maximum absolute atomic E-state index is 3.90. The molecule has 0 heterocycles. The Hall–Kier alpha value is 1.30. The van der Waals surface area contributed by atoms with Gasteiger partial charge in [-0.15, -0.1) is 0 Å². The third-order valence-electron chi connectivity index (χ3n) is 5.67. The van der Waals surface area contributed by atoms with E-state index in [2.05, 4.69) is 156 Å². The summed E-state index contributed by atoms with van der Waals surface area (Å²) in [5, 5.41) is 3.11. The predicted molar refractivity (Wildman–Crippen MR) is 176 cm³/mol. The molecule has 0 aliphatic heterocycles. The van der Waals surface area contributed by atoms with E-state index in [9.17, 15) is 0 Å². The number of rotatable bonds is 16. The van der Waals surface area contributed by atoms with Crippen LogP contribution in [0.25, 0.3) is 0 Å². The van der Waals surface area contributed by atoms with Gasteiger partial charge in [0.25, 0.3) is 0 Å². The summed E-state index contributed by atoms with van der Waals surface area (Å²) in [6, 6.07) is 22.9. The zero-order chi connectivity index (χ0) is 27.6. The first kappa shape index (κ1) is 34.5. The van der Waals surface area contributed by atoms with Crippen molar-refractivity contribution in [3.8, 4) is 0 Å². The van der Waals surface area contributed by atoms with Crippen molar-refractivity contribution in [1.29, 1.82) is 0 Å². The van der Waals surface area contributed by atoms with E-state index in [4.69, 9.17) is 0 Å². The quantitative estimate of drug-likeness (QED) is 0.141. The van der Waals surface area contributed by atoms with Crippen LogP contribution in [0.1, 0.15) is 55.4 Å². The Bertz CT molecular complexity index is 912. The fourth-order valence-electron chi connectivity index (χ4n) is 4.30. The topological polar surface area (TPSA) is 6.48 Å². The van der Waals surface area contributed by atoms with Crippen LogP contribution in [0, 0.1) is 23.7 Å². The summed E-state index contributed by atoms with van der Waals surface area (Å²) in [4.78, 5) is 0. The van der Waals surface area contributed by atoms with Gasteiger partial charge in [-0.3, -0.25) is 0 Å². The standard InChI is InChI=1S/C29H48N2P2Se4/c1-24(2)19-30(20-25(3)4)32(34,28-15-11-9-12-16-28)36-23-37-33(35,29-17-13-10-14-18-29)31(21-26(5)6)22-27(7)8/h9-18,24-27H,19-23H2,1-8H3. The first-order chi connectivity index (χ1) is 17.4. The van der Waals surface area contributed by atoms with Crippen molar-refractivity contribution in [3.63, 3.8) is 0 Å². The molecule has 2 rings (SSSR count). The van der Waals surface area contributed by atoms with E-state index in [0.717, 1.165) is 0 Å². The summed E-state index contributed by atoms with van der Waals surface area (Å²) in [5.74, 6) is 2.66. The van der Waals surface area contributed by atoms with Crippen molar-refractivity contribution < 1.29 is 0 Å². The van der Waals surface area contributed by atoms with E-state index in [-0.39, 0.29) is 0 Å². The van der Waals surface area contributed by atoms with Crippen LogP contribution in [0.5, 0.6) is 0 Å². The second-order valence-electron chi connectivity index (χ2n) is 11.4. The molecule has 0 bridgehead atoms. The fraction of sp³-hybridized carbons (Fsp3) is 0.586. The number of hydrogen-bond donors (Lipinski definition) is 0. The van der Waals surface area contributed by atoms with Gasteiger partial charge in [0.1, 0.15) is 0 Å². The molecular weight excluding hydrogens is 754 g/mol. The Labute approximate surface area is 256 Å². The van der Waals surface area contributed by atoms with Gasteiger partial charge in [0, 0.05) is 0 Å². The van der Waals surface area contributed by atoms with E-state index in [1.54, 1.807) is 10.6 Å². The minimum atomic E-state index is -1.53. The molecule has 2 atom stereocenters. The van der Waals surface area contributed by atoms with Crippen LogP contribution in [0.15, 0.2) is 60.7 Å². The Morgan fingerprint density at radius 1 is 0.541 bits per heavy atom. The Balaban J connectivity index is 2.45. The molecule has 0 N–H and O–H groups in total. The van der Waals surface area contributed by atoms with Gasteiger partial charge in [-0.25, -0.2) is 0 Å². The summed E-state index contributed by atoms with van der Waals surface area (Å²) in [5.41, 5.74) is 0. The van der Waals surface area contributed by atoms with Crippen LogP contribution >= 0.6 is 8.70 Å². The van der Waals surface area contributed by atoms with Crippen molar-refractivity contribution in [2.45, 2.75) is 59.6 Å². The SMILES string of the molecule is CC(C)CN(CC(C)C)P(=[Se])([Se]C[Se]P(=[Se])(c1ccccc1)N(CC(C)C)CC(C)C)c1ccccc1. The van der Waals surface area contributed by atoms with Crippen molar-refractivity contribution in [2.24, 2.45) is 23.7 Å². The van der Waals surface area contributed by atoms with Gasteiger partial charge in [0.05, 0.1) is 0 Å². The molecule has 8 heteroatoms. The molecule has 0 fully saturated rings. The molecule has 0 spiro atoms. The summed E-state index contributed by atoms with van der Waals surface area (Å²) in [6.07, 6.45) is 0. The Kier molecular flexibility index (Phi) is 15.5. The van der Waals surface area contributed by atoms with Crippen molar-refractivity contribution in [1.82, 2.24) is 9.34 Å². The molecule has 37 heavy (non-hydrogen) atoms. The van der Waals surface area contributed by atoms with Crippen LogP contribution in [0.4, 0.5) is 0 Å². The van der Waals surface area contributed by atoms with Crippen molar-refractivity contribution >= 4 is 78.5 Å². The molecule has 2 aromatic carbocycles. The van der Waals surface area contributed by atoms with Crippen LogP contribution in [-0.2, 0) is 0 Å². The minimum absolute atomic E-state index is 0.517. The monoisotopic (exact) mass is 806 g/mol. The molecule has 2 aromatic rings. The van der Waals surface area contributed by atoms with E-state index in [1.165, 1.54) is 30.4 Å². The van der Waals surface area contributed by atoms with Gasteiger partial charge >= 0.3 is 258 Å². The number of hydrogen-bond acceptors (Lipinski definition) is 2. The fourth-order valence-corrected chi connectivity index (χ4v) is 51.0. The number of benzene rings is 2. The third kappa shape index (κ3) is 10.9. The third-order valence-corrected chi connectivity index (χ3v) is 41.3. The zero-order valence-corrected chi connectivity index (χ0v) is 32.7. The van der Waals surface area contributed by atoms with Crippen molar-refractivity contribution in [3.05, 3.63) is 60.7 Å². The second-order valence-corrected chi connectivity index (χ2v) is 42.8. The second kappa shape index (κ2) is 16.7. The van der Waals surface area contributed by atoms with Gasteiger partial charge in [-0.1, -0.05) is 0 Å². The molecule has 0 radical (unpaired) electrons. The van der Waals surface area contributed by atoms with Gasteiger partial charge in [0.2, 0.25) is 0 Å². The van der Waals surface area contributed by atoms with E-state index in [1.807, 2.05) is 0 Å².